The van der Waals surface area contributed by atoms with Crippen LogP contribution in [0.15, 0.2) is 71.2 Å². The van der Waals surface area contributed by atoms with Crippen LogP contribution in [0.3, 0.4) is 0 Å². The van der Waals surface area contributed by atoms with Crippen LogP contribution in [-0.4, -0.2) is 22.4 Å². The average molecular weight is 540 g/mol. The molecule has 1 aromatic heterocycles. The summed E-state index contributed by atoms with van der Waals surface area (Å²) in [5.74, 6) is -2.26. The number of nitrogens with one attached hydrogen (secondary N) is 3. The third-order valence-electron chi connectivity index (χ3n) is 5.21. The van der Waals surface area contributed by atoms with Crippen molar-refractivity contribution in [2.45, 2.75) is 13.8 Å². The van der Waals surface area contributed by atoms with Crippen molar-refractivity contribution in [1.82, 2.24) is 4.68 Å². The summed E-state index contributed by atoms with van der Waals surface area (Å²) in [5.41, 5.74) is 5.93. The van der Waals surface area contributed by atoms with E-state index < -0.39 is 17.7 Å². The predicted octanol–water partition coefficient (Wildman–Crippen LogP) is 5.64. The fraction of sp³-hybridized carbons (Fsp3) is 0.0800. The number of anilines is 2. The van der Waals surface area contributed by atoms with Crippen molar-refractivity contribution >= 4 is 67.5 Å². The number of amides is 3. The second-order valence-electron chi connectivity index (χ2n) is 7.70. The Kier molecular flexibility index (Phi) is 6.72. The van der Waals surface area contributed by atoms with Crippen LogP contribution < -0.4 is 16.1 Å². The Morgan fingerprint density at radius 1 is 0.882 bits per heavy atom. The number of hydrogen-bond donors (Lipinski definition) is 3. The van der Waals surface area contributed by atoms with Gasteiger partial charge in [0, 0.05) is 26.3 Å². The maximum Gasteiger partial charge on any atom is 0.328 e. The van der Waals surface area contributed by atoms with E-state index in [0.717, 1.165) is 10.0 Å². The molecule has 0 saturated heterocycles. The van der Waals surface area contributed by atoms with Gasteiger partial charge in [-0.25, -0.2) is 4.68 Å². The fourth-order valence-electron chi connectivity index (χ4n) is 3.47. The Bertz CT molecular complexity index is 1450. The van der Waals surface area contributed by atoms with Crippen molar-refractivity contribution in [3.8, 4) is 0 Å². The lowest BCUT2D eigenvalue weighted by molar-refractivity contribution is -0.133. The number of benzene rings is 3. The Labute approximate surface area is 209 Å². The highest BCUT2D eigenvalue weighted by molar-refractivity contribution is 9.10. The molecule has 0 bridgehead atoms. The zero-order chi connectivity index (χ0) is 24.4. The lowest BCUT2D eigenvalue weighted by atomic mass is 10.2. The molecule has 3 amide bonds. The molecule has 34 heavy (non-hydrogen) atoms. The van der Waals surface area contributed by atoms with Gasteiger partial charge in [-0.05, 0) is 73.5 Å². The van der Waals surface area contributed by atoms with Gasteiger partial charge < -0.3 is 10.6 Å². The highest BCUT2D eigenvalue weighted by atomic mass is 79.9. The van der Waals surface area contributed by atoms with Gasteiger partial charge >= 0.3 is 11.8 Å². The van der Waals surface area contributed by atoms with E-state index in [4.69, 9.17) is 11.6 Å². The Morgan fingerprint density at radius 2 is 1.65 bits per heavy atom. The minimum absolute atomic E-state index is 0.143. The van der Waals surface area contributed by atoms with Crippen LogP contribution in [-0.2, 0) is 9.59 Å². The first-order valence-corrected chi connectivity index (χ1v) is 11.5. The minimum Gasteiger partial charge on any atom is -0.320 e. The van der Waals surface area contributed by atoms with Crippen molar-refractivity contribution in [2.75, 3.05) is 16.1 Å². The summed E-state index contributed by atoms with van der Waals surface area (Å²) >= 11 is 9.59. The van der Waals surface area contributed by atoms with Gasteiger partial charge in [-0.3, -0.25) is 19.8 Å². The van der Waals surface area contributed by atoms with Gasteiger partial charge in [-0.2, -0.15) is 0 Å². The molecule has 0 aliphatic heterocycles. The second kappa shape index (κ2) is 9.70. The summed E-state index contributed by atoms with van der Waals surface area (Å²) in [5, 5.41) is 6.60. The number of rotatable bonds is 4. The van der Waals surface area contributed by atoms with Crippen molar-refractivity contribution in [1.29, 1.82) is 0 Å². The van der Waals surface area contributed by atoms with Crippen LogP contribution in [0.4, 0.5) is 11.4 Å². The lowest BCUT2D eigenvalue weighted by Crippen LogP contribution is -2.36. The number of halogens is 2. The topological polar surface area (TPSA) is 92.2 Å². The van der Waals surface area contributed by atoms with Crippen LogP contribution in [0.2, 0.25) is 5.02 Å². The summed E-state index contributed by atoms with van der Waals surface area (Å²) in [6.07, 6.45) is 0. The van der Waals surface area contributed by atoms with Gasteiger partial charge in [0.2, 0.25) is 0 Å². The fourth-order valence-corrected chi connectivity index (χ4v) is 4.02. The molecular formula is C25H20BrClN4O3. The molecule has 4 aromatic rings. The molecule has 0 atom stereocenters. The normalized spacial score (nSPS) is 10.7. The van der Waals surface area contributed by atoms with Gasteiger partial charge in [-0.1, -0.05) is 45.7 Å². The largest absolute Gasteiger partial charge is 0.328 e. The molecule has 0 aliphatic carbocycles. The molecule has 0 spiro atoms. The molecule has 0 unspecified atom stereocenters. The van der Waals surface area contributed by atoms with Crippen LogP contribution in [0.5, 0.6) is 0 Å². The van der Waals surface area contributed by atoms with Gasteiger partial charge in [0.1, 0.15) is 5.69 Å². The third-order valence-corrected chi connectivity index (χ3v) is 6.11. The van der Waals surface area contributed by atoms with Crippen molar-refractivity contribution in [3.05, 3.63) is 93.0 Å². The smallest absolute Gasteiger partial charge is 0.320 e. The molecule has 0 radical (unpaired) electrons. The SMILES string of the molecule is Cc1cccc(NC(=O)C(=O)Nn2c(C(=O)Nc3cccc(Cl)c3C)cc3cc(Br)ccc32)c1. The second-order valence-corrected chi connectivity index (χ2v) is 9.02. The van der Waals surface area contributed by atoms with Gasteiger partial charge in [0.25, 0.3) is 5.91 Å². The first kappa shape index (κ1) is 23.5. The average Bonchev–Trinajstić information content (AvgIpc) is 3.14. The Morgan fingerprint density at radius 3 is 2.41 bits per heavy atom. The van der Waals surface area contributed by atoms with Gasteiger partial charge in [0.15, 0.2) is 0 Å². The molecule has 4 rings (SSSR count). The summed E-state index contributed by atoms with van der Waals surface area (Å²) < 4.78 is 2.10. The monoisotopic (exact) mass is 538 g/mol. The molecule has 172 valence electrons. The van der Waals surface area contributed by atoms with Crippen molar-refractivity contribution in [2.24, 2.45) is 0 Å². The van der Waals surface area contributed by atoms with Crippen LogP contribution in [0, 0.1) is 13.8 Å². The minimum atomic E-state index is -0.921. The molecule has 3 N–H and O–H groups in total. The predicted molar refractivity (Wildman–Crippen MR) is 138 cm³/mol. The Hall–Kier alpha value is -3.62. The summed E-state index contributed by atoms with van der Waals surface area (Å²) in [6.45, 7) is 3.67. The molecule has 3 aromatic carbocycles. The van der Waals surface area contributed by atoms with E-state index in [1.807, 2.05) is 19.1 Å². The van der Waals surface area contributed by atoms with Gasteiger partial charge in [0.05, 0.1) is 5.52 Å². The highest BCUT2D eigenvalue weighted by Crippen LogP contribution is 2.26. The molecule has 0 fully saturated rings. The first-order chi connectivity index (χ1) is 16.2. The number of nitrogens with zero attached hydrogens (tertiary/aromatic N) is 1. The van der Waals surface area contributed by atoms with Gasteiger partial charge in [-0.15, -0.1) is 0 Å². The Balaban J connectivity index is 1.65. The molecule has 0 saturated carbocycles. The molecule has 0 aliphatic rings. The van der Waals surface area contributed by atoms with E-state index in [0.29, 0.717) is 32.9 Å². The highest BCUT2D eigenvalue weighted by Gasteiger charge is 2.21. The quantitative estimate of drug-likeness (QED) is 0.293. The van der Waals surface area contributed by atoms with E-state index in [9.17, 15) is 14.4 Å². The van der Waals surface area contributed by atoms with E-state index in [1.54, 1.807) is 61.5 Å². The number of hydrogen-bond acceptors (Lipinski definition) is 3. The number of fused-ring (bicyclic) bond motifs is 1. The number of carbonyl (C=O) groups excluding carboxylic acids is 3. The zero-order valence-electron chi connectivity index (χ0n) is 18.3. The van der Waals surface area contributed by atoms with Crippen molar-refractivity contribution < 1.29 is 14.4 Å². The summed E-state index contributed by atoms with van der Waals surface area (Å²) in [7, 11) is 0. The zero-order valence-corrected chi connectivity index (χ0v) is 20.6. The number of aromatic nitrogens is 1. The van der Waals surface area contributed by atoms with E-state index >= 15 is 0 Å². The van der Waals surface area contributed by atoms with E-state index in [1.165, 1.54) is 4.68 Å². The van der Waals surface area contributed by atoms with Crippen LogP contribution in [0.25, 0.3) is 10.9 Å². The molecule has 9 heteroatoms. The lowest BCUT2D eigenvalue weighted by Gasteiger charge is -2.14. The molecule has 1 heterocycles. The molecular weight excluding hydrogens is 520 g/mol. The van der Waals surface area contributed by atoms with Crippen molar-refractivity contribution in [3.63, 3.8) is 0 Å². The number of carbonyl (C=O) groups is 3. The maximum atomic E-state index is 13.2. The van der Waals surface area contributed by atoms with Crippen LogP contribution >= 0.6 is 27.5 Å². The van der Waals surface area contributed by atoms with E-state index in [-0.39, 0.29) is 5.69 Å². The van der Waals surface area contributed by atoms with Crippen LogP contribution in [0.1, 0.15) is 21.6 Å². The summed E-state index contributed by atoms with van der Waals surface area (Å²) in [6, 6.07) is 19.2. The number of aryl methyl sites for hydroxylation is 1. The summed E-state index contributed by atoms with van der Waals surface area (Å²) in [4.78, 5) is 38.5. The first-order valence-electron chi connectivity index (χ1n) is 10.3. The van der Waals surface area contributed by atoms with E-state index in [2.05, 4.69) is 32.0 Å². The maximum absolute atomic E-state index is 13.2. The molecule has 7 nitrogen and oxygen atoms in total. The standard InChI is InChI=1S/C25H20BrClN4O3/c1-14-5-3-6-18(11-14)28-24(33)25(34)30-31-21-10-9-17(26)12-16(21)13-22(31)23(32)29-20-8-4-7-19(27)15(20)2/h3-13H,1-2H3,(H,28,33)(H,29,32)(H,30,34). The third kappa shape index (κ3) is 4.98.